The van der Waals surface area contributed by atoms with Gasteiger partial charge < -0.3 is 48.7 Å². The number of Topliss-reactive ketones (excluding diaryl/α,β-unsaturated/α-hetero) is 1. The molecule has 17 atom stereocenters. The second-order valence-corrected chi connectivity index (χ2v) is 15.5. The normalized spacial score (nSPS) is 38.3. The molecule has 296 valence electrons. The predicted molar refractivity (Wildman–Crippen MR) is 193 cm³/mol. The second kappa shape index (κ2) is 18.7. The molecule has 0 aromatic carbocycles. The van der Waals surface area contributed by atoms with E-state index < -0.39 is 36.8 Å². The zero-order valence-corrected chi connectivity index (χ0v) is 32.5. The molecule has 2 saturated carbocycles. The number of aliphatic hydroxyl groups is 2. The number of esters is 1. The Balaban J connectivity index is 1.37. The molecule has 52 heavy (non-hydrogen) atoms. The maximum atomic E-state index is 14.5. The van der Waals surface area contributed by atoms with Gasteiger partial charge in [-0.05, 0) is 87.8 Å². The summed E-state index contributed by atoms with van der Waals surface area (Å²) in [5, 5.41) is 25.4. The fourth-order valence-corrected chi connectivity index (χ4v) is 9.84. The number of hydrogen-bond donors (Lipinski definition) is 3. The van der Waals surface area contributed by atoms with Crippen molar-refractivity contribution in [3.63, 3.8) is 0 Å². The third-order valence-electron chi connectivity index (χ3n) is 12.8. The monoisotopic (exact) mass is 735 g/mol. The van der Waals surface area contributed by atoms with Gasteiger partial charge in [0.15, 0.2) is 18.4 Å². The Morgan fingerprint density at radius 1 is 0.942 bits per heavy atom. The van der Waals surface area contributed by atoms with E-state index in [0.717, 1.165) is 6.42 Å². The smallest absolute Gasteiger partial charge is 0.306 e. The van der Waals surface area contributed by atoms with E-state index in [4.69, 9.17) is 33.2 Å². The van der Waals surface area contributed by atoms with Crippen LogP contribution in [0.25, 0.3) is 0 Å². The van der Waals surface area contributed by atoms with Crippen molar-refractivity contribution in [1.82, 2.24) is 5.32 Å². The molecule has 2 aliphatic heterocycles. The minimum Gasteiger partial charge on any atom is -0.462 e. The van der Waals surface area contributed by atoms with Crippen molar-refractivity contribution in [2.75, 3.05) is 28.4 Å². The van der Waals surface area contributed by atoms with Gasteiger partial charge in [0.05, 0.1) is 36.9 Å². The first-order chi connectivity index (χ1) is 25.0. The molecule has 0 amide bonds. The zero-order valence-electron chi connectivity index (χ0n) is 32.5. The zero-order chi connectivity index (χ0) is 37.7. The van der Waals surface area contributed by atoms with E-state index in [1.54, 1.807) is 20.3 Å². The van der Waals surface area contributed by atoms with Crippen LogP contribution in [0.5, 0.6) is 0 Å². The van der Waals surface area contributed by atoms with Crippen LogP contribution in [0.2, 0.25) is 0 Å². The van der Waals surface area contributed by atoms with Gasteiger partial charge in [-0.3, -0.25) is 9.59 Å². The summed E-state index contributed by atoms with van der Waals surface area (Å²) < 4.78 is 41.9. The van der Waals surface area contributed by atoms with E-state index in [-0.39, 0.29) is 84.3 Å². The van der Waals surface area contributed by atoms with Crippen molar-refractivity contribution in [1.29, 1.82) is 0 Å². The third-order valence-corrected chi connectivity index (χ3v) is 12.8. The topological polar surface area (TPSA) is 155 Å². The minimum atomic E-state index is -1.23. The lowest BCUT2D eigenvalue weighted by molar-refractivity contribution is -0.234. The van der Waals surface area contributed by atoms with Crippen LogP contribution in [0, 0.1) is 35.5 Å². The molecule has 0 spiro atoms. The van der Waals surface area contributed by atoms with Crippen LogP contribution in [0.15, 0.2) is 23.8 Å². The number of fused-ring (bicyclic) bond motifs is 8. The van der Waals surface area contributed by atoms with Crippen LogP contribution in [0.1, 0.15) is 85.5 Å². The number of allylic oxidation sites excluding steroid dienone is 2. The number of methoxy groups -OCH3 is 3. The molecule has 3 N–H and O–H groups in total. The quantitative estimate of drug-likeness (QED) is 0.0906. The van der Waals surface area contributed by atoms with E-state index in [2.05, 4.69) is 18.3 Å². The Morgan fingerprint density at radius 2 is 1.67 bits per heavy atom. The minimum absolute atomic E-state index is 0.0128. The number of nitrogens with one attached hydrogen (secondary N) is 1. The fraction of sp³-hybridized carbons (Fsp3) is 0.850. The van der Waals surface area contributed by atoms with Crippen LogP contribution in [-0.2, 0) is 42.7 Å². The van der Waals surface area contributed by atoms with E-state index in [0.29, 0.717) is 50.5 Å². The van der Waals surface area contributed by atoms with Gasteiger partial charge >= 0.3 is 5.97 Å². The summed E-state index contributed by atoms with van der Waals surface area (Å²) in [6.45, 7) is 7.96. The highest BCUT2D eigenvalue weighted by Crippen LogP contribution is 2.63. The first kappa shape index (κ1) is 41.4. The average molecular weight is 736 g/mol. The molecule has 12 heteroatoms. The SMILES string of the molecule is CC[C@H]1CCC[C@H](O[C@H](O)/C=C/[C@@H](CC)NC)[C@@H](C)C(=O)C2=C[C@H]3[C@@H]4C[C@H](O[C@H](O)C(OC)C(OC)[C@H](CC)OC)C[C@H]4[C@H]4O[C@H]4[C@H]3[C@@H]2CC(=O)O1. The number of carbonyl (C=O) groups excluding carboxylic acids is 2. The number of hydrogen-bond acceptors (Lipinski definition) is 12. The Morgan fingerprint density at radius 3 is 2.31 bits per heavy atom. The van der Waals surface area contributed by atoms with E-state index in [1.807, 2.05) is 33.9 Å². The number of carbonyl (C=O) groups is 2. The Labute approximate surface area is 310 Å². The van der Waals surface area contributed by atoms with Crippen molar-refractivity contribution < 1.29 is 53.0 Å². The highest BCUT2D eigenvalue weighted by atomic mass is 16.6. The van der Waals surface area contributed by atoms with Crippen molar-refractivity contribution >= 4 is 11.8 Å². The Bertz CT molecular complexity index is 1240. The van der Waals surface area contributed by atoms with Crippen molar-refractivity contribution in [3.05, 3.63) is 23.8 Å². The van der Waals surface area contributed by atoms with Gasteiger partial charge in [-0.1, -0.05) is 39.8 Å². The summed E-state index contributed by atoms with van der Waals surface area (Å²) in [5.41, 5.74) is 0.653. The Hall–Kier alpha value is -1.74. The van der Waals surface area contributed by atoms with Gasteiger partial charge in [0.25, 0.3) is 0 Å². The van der Waals surface area contributed by atoms with Gasteiger partial charge in [-0.2, -0.15) is 0 Å². The maximum Gasteiger partial charge on any atom is 0.306 e. The maximum absolute atomic E-state index is 14.5. The molecular formula is C40H65NO11. The van der Waals surface area contributed by atoms with E-state index >= 15 is 0 Å². The molecule has 4 fully saturated rings. The molecule has 3 aliphatic carbocycles. The molecule has 12 nitrogen and oxygen atoms in total. The van der Waals surface area contributed by atoms with Crippen LogP contribution in [-0.4, -0.2) is 118 Å². The van der Waals surface area contributed by atoms with E-state index in [9.17, 15) is 19.8 Å². The molecule has 5 rings (SSSR count). The van der Waals surface area contributed by atoms with Gasteiger partial charge in [0.1, 0.15) is 18.3 Å². The lowest BCUT2D eigenvalue weighted by Crippen LogP contribution is -2.49. The number of rotatable bonds is 16. The highest BCUT2D eigenvalue weighted by Gasteiger charge is 2.66. The molecule has 0 bridgehead atoms. The highest BCUT2D eigenvalue weighted by molar-refractivity contribution is 5.99. The van der Waals surface area contributed by atoms with Crippen LogP contribution < -0.4 is 5.32 Å². The van der Waals surface area contributed by atoms with Crippen LogP contribution >= 0.6 is 0 Å². The number of aliphatic hydroxyl groups excluding tert-OH is 2. The average Bonchev–Trinajstić information content (AvgIpc) is 3.68. The molecule has 2 heterocycles. The summed E-state index contributed by atoms with van der Waals surface area (Å²) in [5.74, 6) is -0.847. The van der Waals surface area contributed by atoms with Crippen molar-refractivity contribution in [2.24, 2.45) is 35.5 Å². The molecule has 2 saturated heterocycles. The summed E-state index contributed by atoms with van der Waals surface area (Å²) in [4.78, 5) is 28.0. The second-order valence-electron chi connectivity index (χ2n) is 15.5. The predicted octanol–water partition coefficient (Wildman–Crippen LogP) is 4.10. The number of cyclic esters (lactones) is 1. The van der Waals surface area contributed by atoms with Crippen LogP contribution in [0.4, 0.5) is 0 Å². The van der Waals surface area contributed by atoms with Crippen molar-refractivity contribution in [2.45, 2.75) is 153 Å². The van der Waals surface area contributed by atoms with Gasteiger partial charge in [-0.25, -0.2) is 0 Å². The molecular weight excluding hydrogens is 670 g/mol. The number of likely N-dealkylation sites (N-methyl/N-ethyl adjacent to an activating group) is 1. The molecule has 0 aromatic rings. The van der Waals surface area contributed by atoms with Gasteiger partial charge in [0, 0.05) is 45.1 Å². The number of ketones is 1. The molecule has 2 unspecified atom stereocenters. The summed E-state index contributed by atoms with van der Waals surface area (Å²) >= 11 is 0. The summed E-state index contributed by atoms with van der Waals surface area (Å²) in [6.07, 6.45) is 6.36. The molecule has 0 radical (unpaired) electrons. The summed E-state index contributed by atoms with van der Waals surface area (Å²) in [7, 11) is 6.59. The number of epoxide rings is 1. The lowest BCUT2D eigenvalue weighted by atomic mass is 9.66. The van der Waals surface area contributed by atoms with Gasteiger partial charge in [0.2, 0.25) is 0 Å². The first-order valence-electron chi connectivity index (χ1n) is 19.7. The lowest BCUT2D eigenvalue weighted by Gasteiger charge is -2.35. The van der Waals surface area contributed by atoms with Crippen molar-refractivity contribution in [3.8, 4) is 0 Å². The fourth-order valence-electron chi connectivity index (χ4n) is 9.84. The van der Waals surface area contributed by atoms with Crippen LogP contribution in [0.3, 0.4) is 0 Å². The number of ether oxygens (including phenoxy) is 7. The third kappa shape index (κ3) is 9.03. The van der Waals surface area contributed by atoms with E-state index in [1.165, 1.54) is 7.11 Å². The standard InChI is InChI=1S/C40H65NO11/c1-9-22(41-5)15-16-32(42)51-31-14-12-13-23(10-2)49-33(43)20-27-28(35(44)21(31)4)19-26-25-17-24(18-29(25)36-38(52-36)34(26)27)50-40(45)39(48-8)37(47-7)30(11-3)46-6/h15-16,19,21-27,29-32,34,36-42,45H,9-14,17-18,20H2,1-8H3/b16-15+/t21-,22-,23+,24+,25+,26+,27-,29-,30+,31+,32+,34-,36-,37?,38+,39?,40+/m1/s1. The Kier molecular flexibility index (Phi) is 14.9. The first-order valence-corrected chi connectivity index (χ1v) is 19.7. The molecule has 5 aliphatic rings. The summed E-state index contributed by atoms with van der Waals surface area (Å²) in [6, 6.07) is 0.107. The largest absolute Gasteiger partial charge is 0.462 e. The molecule has 0 aromatic heterocycles. The van der Waals surface area contributed by atoms with Gasteiger partial charge in [-0.15, -0.1) is 0 Å².